The predicted octanol–water partition coefficient (Wildman–Crippen LogP) is 1.86. The second-order valence-corrected chi connectivity index (χ2v) is 5.24. The van der Waals surface area contributed by atoms with Crippen LogP contribution in [0.1, 0.15) is 0 Å². The third-order valence-corrected chi connectivity index (χ3v) is 3.61. The van der Waals surface area contributed by atoms with Gasteiger partial charge in [-0.2, -0.15) is 0 Å². The molecule has 0 aromatic carbocycles. The van der Waals surface area contributed by atoms with E-state index in [0.29, 0.717) is 17.0 Å². The number of hydrogen-bond acceptors (Lipinski definition) is 6. The summed E-state index contributed by atoms with van der Waals surface area (Å²) in [5, 5.41) is 3.16. The molecule has 4 rings (SSSR count). The maximum Gasteiger partial charge on any atom is 0.248 e. The molecule has 0 saturated carbocycles. The van der Waals surface area contributed by atoms with Crippen molar-refractivity contribution in [2.24, 2.45) is 7.05 Å². The summed E-state index contributed by atoms with van der Waals surface area (Å²) in [5.74, 6) is 0.566. The predicted molar refractivity (Wildman–Crippen MR) is 89.9 cm³/mol. The first kappa shape index (κ1) is 14.1. The topological polar surface area (TPSA) is 101 Å². The minimum atomic E-state index is -0.162. The van der Waals surface area contributed by atoms with Crippen molar-refractivity contribution < 1.29 is 0 Å². The molecule has 0 saturated heterocycles. The zero-order valence-corrected chi connectivity index (χ0v) is 12.8. The first-order valence-corrected chi connectivity index (χ1v) is 7.25. The van der Waals surface area contributed by atoms with E-state index in [1.54, 1.807) is 24.8 Å². The molecule has 118 valence electrons. The van der Waals surface area contributed by atoms with E-state index in [1.165, 1.54) is 12.4 Å². The standard InChI is InChI=1S/C16H13N7O/c1-23-9-17-7-13(23)11-3-4-12-15(22-11)16(20-8-19-12)21-10-2-5-14(24)18-6-10/h2-9H,1H3,(H,18,24)(H,19,20,21). The SMILES string of the molecule is Cn1cncc1-c1ccc2ncnc(Nc3ccc(=O)[nH]c3)c2n1. The van der Waals surface area contributed by atoms with Crippen molar-refractivity contribution >= 4 is 22.5 Å². The third kappa shape index (κ3) is 2.50. The van der Waals surface area contributed by atoms with Gasteiger partial charge in [0.05, 0.1) is 35.1 Å². The lowest BCUT2D eigenvalue weighted by molar-refractivity contribution is 0.917. The zero-order chi connectivity index (χ0) is 16.5. The average molecular weight is 319 g/mol. The zero-order valence-electron chi connectivity index (χ0n) is 12.8. The fourth-order valence-corrected chi connectivity index (χ4v) is 2.40. The van der Waals surface area contributed by atoms with E-state index in [0.717, 1.165) is 16.9 Å². The Labute approximate surface area is 136 Å². The highest BCUT2D eigenvalue weighted by molar-refractivity contribution is 5.88. The molecule has 0 amide bonds. The highest BCUT2D eigenvalue weighted by Crippen LogP contribution is 2.24. The van der Waals surface area contributed by atoms with Crippen LogP contribution >= 0.6 is 0 Å². The molecule has 0 radical (unpaired) electrons. The first-order valence-electron chi connectivity index (χ1n) is 7.25. The number of nitrogens with zero attached hydrogens (tertiary/aromatic N) is 5. The van der Waals surface area contributed by atoms with Gasteiger partial charge in [0, 0.05) is 19.3 Å². The molecule has 0 atom stereocenters. The number of aromatic nitrogens is 6. The van der Waals surface area contributed by atoms with Gasteiger partial charge in [-0.1, -0.05) is 0 Å². The summed E-state index contributed by atoms with van der Waals surface area (Å²) >= 11 is 0. The van der Waals surface area contributed by atoms with Crippen molar-refractivity contribution in [3.05, 3.63) is 59.7 Å². The van der Waals surface area contributed by atoms with Crippen LogP contribution in [0.25, 0.3) is 22.4 Å². The number of anilines is 2. The van der Waals surface area contributed by atoms with Gasteiger partial charge in [0.2, 0.25) is 5.56 Å². The van der Waals surface area contributed by atoms with Crippen LogP contribution < -0.4 is 10.9 Å². The number of hydrogen-bond donors (Lipinski definition) is 2. The van der Waals surface area contributed by atoms with Gasteiger partial charge in [-0.25, -0.2) is 19.9 Å². The molecule has 4 heterocycles. The van der Waals surface area contributed by atoms with Crippen LogP contribution in [0.4, 0.5) is 11.5 Å². The Bertz CT molecular complexity index is 1060. The van der Waals surface area contributed by atoms with E-state index in [1.807, 2.05) is 23.7 Å². The van der Waals surface area contributed by atoms with E-state index >= 15 is 0 Å². The molecule has 0 aliphatic heterocycles. The molecule has 2 N–H and O–H groups in total. The van der Waals surface area contributed by atoms with Crippen molar-refractivity contribution in [3.8, 4) is 11.4 Å². The minimum Gasteiger partial charge on any atom is -0.337 e. The number of aryl methyl sites for hydroxylation is 1. The molecule has 24 heavy (non-hydrogen) atoms. The van der Waals surface area contributed by atoms with Gasteiger partial charge in [-0.15, -0.1) is 0 Å². The van der Waals surface area contributed by atoms with Crippen LogP contribution in [0.3, 0.4) is 0 Å². The Hall–Kier alpha value is -3.55. The quantitative estimate of drug-likeness (QED) is 0.597. The van der Waals surface area contributed by atoms with Crippen molar-refractivity contribution in [2.45, 2.75) is 0 Å². The van der Waals surface area contributed by atoms with Crippen molar-refractivity contribution in [2.75, 3.05) is 5.32 Å². The van der Waals surface area contributed by atoms with Crippen LogP contribution in [-0.2, 0) is 7.05 Å². The second-order valence-electron chi connectivity index (χ2n) is 5.24. The second kappa shape index (κ2) is 5.58. The Morgan fingerprint density at radius 2 is 2.08 bits per heavy atom. The molecule has 0 aliphatic carbocycles. The van der Waals surface area contributed by atoms with Gasteiger partial charge in [0.15, 0.2) is 5.82 Å². The molecule has 4 aromatic rings. The lowest BCUT2D eigenvalue weighted by Gasteiger charge is -2.09. The Kier molecular flexibility index (Phi) is 3.27. The van der Waals surface area contributed by atoms with E-state index in [2.05, 4.69) is 30.2 Å². The summed E-state index contributed by atoms with van der Waals surface area (Å²) in [5.41, 5.74) is 3.59. The van der Waals surface area contributed by atoms with Crippen LogP contribution in [0.5, 0.6) is 0 Å². The number of imidazole rings is 1. The van der Waals surface area contributed by atoms with Gasteiger partial charge in [0.25, 0.3) is 0 Å². The lowest BCUT2D eigenvalue weighted by atomic mass is 10.2. The van der Waals surface area contributed by atoms with Gasteiger partial charge in [-0.3, -0.25) is 4.79 Å². The first-order chi connectivity index (χ1) is 11.7. The maximum atomic E-state index is 11.2. The van der Waals surface area contributed by atoms with E-state index in [-0.39, 0.29) is 5.56 Å². The lowest BCUT2D eigenvalue weighted by Crippen LogP contribution is -2.04. The number of H-pyrrole nitrogens is 1. The summed E-state index contributed by atoms with van der Waals surface area (Å²) in [6.07, 6.45) is 6.54. The number of pyridine rings is 2. The maximum absolute atomic E-state index is 11.2. The number of fused-ring (bicyclic) bond motifs is 1. The van der Waals surface area contributed by atoms with E-state index in [9.17, 15) is 4.79 Å². The van der Waals surface area contributed by atoms with Crippen LogP contribution in [-0.4, -0.2) is 29.5 Å². The van der Waals surface area contributed by atoms with Crippen molar-refractivity contribution in [1.82, 2.24) is 29.5 Å². The van der Waals surface area contributed by atoms with E-state index < -0.39 is 0 Å². The van der Waals surface area contributed by atoms with Crippen LogP contribution in [0.15, 0.2) is 54.1 Å². The van der Waals surface area contributed by atoms with Crippen molar-refractivity contribution in [1.29, 1.82) is 0 Å². The highest BCUT2D eigenvalue weighted by Gasteiger charge is 2.10. The van der Waals surface area contributed by atoms with Crippen LogP contribution in [0, 0.1) is 0 Å². The van der Waals surface area contributed by atoms with Gasteiger partial charge < -0.3 is 14.9 Å². The molecule has 0 unspecified atom stereocenters. The molecule has 0 spiro atoms. The Morgan fingerprint density at radius 3 is 2.83 bits per heavy atom. The van der Waals surface area contributed by atoms with E-state index in [4.69, 9.17) is 0 Å². The molecule has 8 nitrogen and oxygen atoms in total. The molecule has 0 aliphatic rings. The van der Waals surface area contributed by atoms with Gasteiger partial charge in [-0.05, 0) is 18.2 Å². The molecular weight excluding hydrogens is 306 g/mol. The monoisotopic (exact) mass is 319 g/mol. The summed E-state index contributed by atoms with van der Waals surface area (Å²) in [6, 6.07) is 6.92. The summed E-state index contributed by atoms with van der Waals surface area (Å²) in [4.78, 5) is 31.1. The smallest absolute Gasteiger partial charge is 0.248 e. The summed E-state index contributed by atoms with van der Waals surface area (Å²) in [7, 11) is 1.91. The fourth-order valence-electron chi connectivity index (χ4n) is 2.40. The van der Waals surface area contributed by atoms with Crippen LogP contribution in [0.2, 0.25) is 0 Å². The number of nitrogens with one attached hydrogen (secondary N) is 2. The fraction of sp³-hybridized carbons (Fsp3) is 0.0625. The molecule has 0 fully saturated rings. The molecule has 4 aromatic heterocycles. The third-order valence-electron chi connectivity index (χ3n) is 3.61. The average Bonchev–Trinajstić information content (AvgIpc) is 3.03. The normalized spacial score (nSPS) is 10.9. The summed E-state index contributed by atoms with van der Waals surface area (Å²) < 4.78 is 1.90. The Balaban J connectivity index is 1.81. The van der Waals surface area contributed by atoms with Gasteiger partial charge in [0.1, 0.15) is 11.8 Å². The molecular formula is C16H13N7O. The Morgan fingerprint density at radius 1 is 1.17 bits per heavy atom. The van der Waals surface area contributed by atoms with Gasteiger partial charge >= 0.3 is 0 Å². The number of aromatic amines is 1. The molecule has 8 heteroatoms. The van der Waals surface area contributed by atoms with Crippen molar-refractivity contribution in [3.63, 3.8) is 0 Å². The largest absolute Gasteiger partial charge is 0.337 e. The minimum absolute atomic E-state index is 0.162. The number of rotatable bonds is 3. The molecule has 0 bridgehead atoms. The highest BCUT2D eigenvalue weighted by atomic mass is 16.1. The summed E-state index contributed by atoms with van der Waals surface area (Å²) in [6.45, 7) is 0.